The summed E-state index contributed by atoms with van der Waals surface area (Å²) in [5, 5.41) is 5.25. The van der Waals surface area contributed by atoms with Gasteiger partial charge in [-0.05, 0) is 20.0 Å². The SMILES string of the molecule is CCn1ncc2c(C(=O)N3CCN(C)CC3)cc(-c3ccccc3)nc21. The first kappa shape index (κ1) is 16.7. The van der Waals surface area contributed by atoms with E-state index < -0.39 is 0 Å². The van der Waals surface area contributed by atoms with Crippen LogP contribution in [0.5, 0.6) is 0 Å². The van der Waals surface area contributed by atoms with Crippen LogP contribution in [0.2, 0.25) is 0 Å². The third-order valence-electron chi connectivity index (χ3n) is 5.00. The van der Waals surface area contributed by atoms with Crippen LogP contribution in [0.1, 0.15) is 17.3 Å². The molecular weight excluding hydrogens is 326 g/mol. The second-order valence-corrected chi connectivity index (χ2v) is 6.71. The van der Waals surface area contributed by atoms with Crippen molar-refractivity contribution in [1.29, 1.82) is 0 Å². The summed E-state index contributed by atoms with van der Waals surface area (Å²) in [6.07, 6.45) is 1.77. The second-order valence-electron chi connectivity index (χ2n) is 6.71. The maximum atomic E-state index is 13.2. The number of benzene rings is 1. The van der Waals surface area contributed by atoms with Gasteiger partial charge >= 0.3 is 0 Å². The quantitative estimate of drug-likeness (QED) is 0.729. The van der Waals surface area contributed by atoms with Gasteiger partial charge in [0.05, 0.1) is 22.8 Å². The first-order chi connectivity index (χ1) is 12.7. The first-order valence-corrected chi connectivity index (χ1v) is 9.07. The Bertz CT molecular complexity index is 926. The number of hydrogen-bond donors (Lipinski definition) is 0. The van der Waals surface area contributed by atoms with Crippen molar-refractivity contribution >= 4 is 16.9 Å². The standard InChI is InChI=1S/C20H23N5O/c1-3-25-19-17(14-21-25)16(20(26)24-11-9-23(2)10-12-24)13-18(22-19)15-7-5-4-6-8-15/h4-8,13-14H,3,9-12H2,1-2H3. The Kier molecular flexibility index (Phi) is 4.42. The fraction of sp³-hybridized carbons (Fsp3) is 0.350. The number of fused-ring (bicyclic) bond motifs is 1. The maximum absolute atomic E-state index is 13.2. The predicted molar refractivity (Wildman–Crippen MR) is 102 cm³/mol. The van der Waals surface area contributed by atoms with Gasteiger partial charge in [0.15, 0.2) is 5.65 Å². The van der Waals surface area contributed by atoms with Crippen molar-refractivity contribution in [3.05, 3.63) is 48.2 Å². The van der Waals surface area contributed by atoms with E-state index in [1.165, 1.54) is 0 Å². The number of pyridine rings is 1. The lowest BCUT2D eigenvalue weighted by Gasteiger charge is -2.32. The summed E-state index contributed by atoms with van der Waals surface area (Å²) in [6.45, 7) is 6.06. The van der Waals surface area contributed by atoms with Gasteiger partial charge in [-0.15, -0.1) is 0 Å². The van der Waals surface area contributed by atoms with E-state index in [-0.39, 0.29) is 5.91 Å². The molecule has 26 heavy (non-hydrogen) atoms. The molecule has 0 atom stereocenters. The van der Waals surface area contributed by atoms with Gasteiger partial charge in [-0.2, -0.15) is 5.10 Å². The van der Waals surface area contributed by atoms with Crippen molar-refractivity contribution in [3.63, 3.8) is 0 Å². The highest BCUT2D eigenvalue weighted by molar-refractivity contribution is 6.06. The zero-order valence-electron chi connectivity index (χ0n) is 15.2. The molecule has 1 fully saturated rings. The molecule has 0 saturated carbocycles. The van der Waals surface area contributed by atoms with E-state index in [2.05, 4.69) is 17.0 Å². The highest BCUT2D eigenvalue weighted by Gasteiger charge is 2.24. The molecule has 1 aliphatic rings. The van der Waals surface area contributed by atoms with E-state index >= 15 is 0 Å². The Hall–Kier alpha value is -2.73. The van der Waals surface area contributed by atoms with Crippen molar-refractivity contribution in [2.75, 3.05) is 33.2 Å². The van der Waals surface area contributed by atoms with Crippen molar-refractivity contribution in [2.45, 2.75) is 13.5 Å². The lowest BCUT2D eigenvalue weighted by Crippen LogP contribution is -2.47. The third-order valence-corrected chi connectivity index (χ3v) is 5.00. The molecule has 6 nitrogen and oxygen atoms in total. The van der Waals surface area contributed by atoms with Crippen LogP contribution in [-0.4, -0.2) is 63.7 Å². The lowest BCUT2D eigenvalue weighted by atomic mass is 10.1. The molecule has 6 heteroatoms. The molecule has 134 valence electrons. The highest BCUT2D eigenvalue weighted by atomic mass is 16.2. The monoisotopic (exact) mass is 349 g/mol. The van der Waals surface area contributed by atoms with E-state index in [1.807, 2.05) is 52.9 Å². The van der Waals surface area contributed by atoms with Crippen molar-refractivity contribution in [3.8, 4) is 11.3 Å². The number of hydrogen-bond acceptors (Lipinski definition) is 4. The summed E-state index contributed by atoms with van der Waals surface area (Å²) >= 11 is 0. The predicted octanol–water partition coefficient (Wildman–Crippen LogP) is 2.51. The highest BCUT2D eigenvalue weighted by Crippen LogP contribution is 2.26. The molecule has 4 rings (SSSR count). The molecule has 1 amide bonds. The molecule has 3 heterocycles. The number of nitrogens with zero attached hydrogens (tertiary/aromatic N) is 5. The Morgan fingerprint density at radius 3 is 2.54 bits per heavy atom. The number of carbonyl (C=O) groups is 1. The van der Waals surface area contributed by atoms with Crippen LogP contribution in [0.15, 0.2) is 42.6 Å². The first-order valence-electron chi connectivity index (χ1n) is 9.07. The third kappa shape index (κ3) is 2.97. The smallest absolute Gasteiger partial charge is 0.254 e. The minimum absolute atomic E-state index is 0.0679. The van der Waals surface area contributed by atoms with E-state index in [1.54, 1.807) is 6.20 Å². The fourth-order valence-corrected chi connectivity index (χ4v) is 3.39. The Morgan fingerprint density at radius 1 is 1.12 bits per heavy atom. The van der Waals surface area contributed by atoms with Gasteiger partial charge in [0.1, 0.15) is 0 Å². The van der Waals surface area contributed by atoms with Gasteiger partial charge in [-0.1, -0.05) is 30.3 Å². The number of aryl methyl sites for hydroxylation is 1. The average Bonchev–Trinajstić information content (AvgIpc) is 3.11. The molecule has 0 aliphatic carbocycles. The lowest BCUT2D eigenvalue weighted by molar-refractivity contribution is 0.0666. The molecule has 0 unspecified atom stereocenters. The van der Waals surface area contributed by atoms with E-state index in [9.17, 15) is 4.79 Å². The van der Waals surface area contributed by atoms with Crippen LogP contribution in [0, 0.1) is 0 Å². The molecule has 0 spiro atoms. The molecule has 0 N–H and O–H groups in total. The van der Waals surface area contributed by atoms with Crippen molar-refractivity contribution < 1.29 is 4.79 Å². The van der Waals surface area contributed by atoms with Crippen molar-refractivity contribution in [2.24, 2.45) is 0 Å². The second kappa shape index (κ2) is 6.88. The van der Waals surface area contributed by atoms with Gasteiger partial charge in [0, 0.05) is 38.3 Å². The molecule has 1 saturated heterocycles. The average molecular weight is 349 g/mol. The van der Waals surface area contributed by atoms with Crippen LogP contribution in [-0.2, 0) is 6.54 Å². The maximum Gasteiger partial charge on any atom is 0.254 e. The summed E-state index contributed by atoms with van der Waals surface area (Å²) in [5.41, 5.74) is 3.28. The Labute approximate surface area is 153 Å². The molecule has 1 aromatic carbocycles. The number of likely N-dealkylation sites (N-methyl/N-ethyl adjacent to an activating group) is 1. The van der Waals surface area contributed by atoms with Crippen LogP contribution >= 0.6 is 0 Å². The molecular formula is C20H23N5O. The molecule has 0 radical (unpaired) electrons. The molecule has 1 aliphatic heterocycles. The van der Waals surface area contributed by atoms with Gasteiger partial charge in [-0.25, -0.2) is 9.67 Å². The summed E-state index contributed by atoms with van der Waals surface area (Å²) in [6, 6.07) is 11.9. The van der Waals surface area contributed by atoms with Crippen LogP contribution in [0.4, 0.5) is 0 Å². The summed E-state index contributed by atoms with van der Waals surface area (Å²) in [7, 11) is 2.09. The topological polar surface area (TPSA) is 54.3 Å². The number of carbonyl (C=O) groups excluding carboxylic acids is 1. The fourth-order valence-electron chi connectivity index (χ4n) is 3.39. The molecule has 3 aromatic rings. The normalized spacial score (nSPS) is 15.5. The van der Waals surface area contributed by atoms with Crippen LogP contribution < -0.4 is 0 Å². The Morgan fingerprint density at radius 2 is 1.85 bits per heavy atom. The zero-order chi connectivity index (χ0) is 18.1. The number of aromatic nitrogens is 3. The van der Waals surface area contributed by atoms with Crippen LogP contribution in [0.25, 0.3) is 22.3 Å². The van der Waals surface area contributed by atoms with Gasteiger partial charge in [-0.3, -0.25) is 4.79 Å². The largest absolute Gasteiger partial charge is 0.336 e. The van der Waals surface area contributed by atoms with Gasteiger partial charge < -0.3 is 9.80 Å². The number of rotatable bonds is 3. The summed E-state index contributed by atoms with van der Waals surface area (Å²) in [4.78, 5) is 22.2. The zero-order valence-corrected chi connectivity index (χ0v) is 15.2. The number of amides is 1. The van der Waals surface area contributed by atoms with E-state index in [0.717, 1.165) is 55.0 Å². The Balaban J connectivity index is 1.82. The van der Waals surface area contributed by atoms with E-state index in [4.69, 9.17) is 4.98 Å². The van der Waals surface area contributed by atoms with E-state index in [0.29, 0.717) is 5.56 Å². The minimum Gasteiger partial charge on any atom is -0.336 e. The van der Waals surface area contributed by atoms with Gasteiger partial charge in [0.2, 0.25) is 0 Å². The molecule has 0 bridgehead atoms. The van der Waals surface area contributed by atoms with Gasteiger partial charge in [0.25, 0.3) is 5.91 Å². The number of piperazine rings is 1. The van der Waals surface area contributed by atoms with Crippen molar-refractivity contribution in [1.82, 2.24) is 24.6 Å². The van der Waals surface area contributed by atoms with Crippen LogP contribution in [0.3, 0.4) is 0 Å². The molecule has 2 aromatic heterocycles. The summed E-state index contributed by atoms with van der Waals surface area (Å²) in [5.74, 6) is 0.0679. The summed E-state index contributed by atoms with van der Waals surface area (Å²) < 4.78 is 1.85. The minimum atomic E-state index is 0.0679.